The number of aromatic nitrogens is 2. The second-order valence-corrected chi connectivity index (χ2v) is 6.70. The van der Waals surface area contributed by atoms with Crippen molar-refractivity contribution in [2.45, 2.75) is 6.42 Å². The number of benzene rings is 1. The van der Waals surface area contributed by atoms with E-state index in [1.165, 1.54) is 16.9 Å². The quantitative estimate of drug-likeness (QED) is 0.562. The summed E-state index contributed by atoms with van der Waals surface area (Å²) in [4.78, 5) is 21.9. The van der Waals surface area contributed by atoms with Gasteiger partial charge in [0.2, 0.25) is 0 Å². The van der Waals surface area contributed by atoms with E-state index in [0.29, 0.717) is 16.5 Å². The van der Waals surface area contributed by atoms with Crippen molar-refractivity contribution in [3.05, 3.63) is 89.3 Å². The van der Waals surface area contributed by atoms with Gasteiger partial charge in [-0.2, -0.15) is 0 Å². The fourth-order valence-corrected chi connectivity index (χ4v) is 3.58. The summed E-state index contributed by atoms with van der Waals surface area (Å²) in [6.07, 6.45) is 5.52. The lowest BCUT2D eigenvalue weighted by Crippen LogP contribution is -2.11. The first-order chi connectivity index (χ1) is 12.8. The number of carbonyl (C=O) groups is 1. The number of hydrogen-bond acceptors (Lipinski definition) is 5. The molecule has 0 aliphatic rings. The molecule has 4 rings (SSSR count). The van der Waals surface area contributed by atoms with E-state index in [2.05, 4.69) is 27.4 Å². The molecule has 3 heterocycles. The van der Waals surface area contributed by atoms with Crippen LogP contribution in [0, 0.1) is 0 Å². The summed E-state index contributed by atoms with van der Waals surface area (Å²) in [6.45, 7) is 0. The van der Waals surface area contributed by atoms with Crippen molar-refractivity contribution in [1.82, 2.24) is 9.97 Å². The predicted molar refractivity (Wildman–Crippen MR) is 101 cm³/mol. The minimum absolute atomic E-state index is 0.210. The van der Waals surface area contributed by atoms with E-state index in [1.54, 1.807) is 30.8 Å². The molecule has 0 saturated carbocycles. The van der Waals surface area contributed by atoms with E-state index in [0.717, 1.165) is 17.0 Å². The summed E-state index contributed by atoms with van der Waals surface area (Å²) in [5.74, 6) is 0.481. The van der Waals surface area contributed by atoms with Gasteiger partial charge in [0.1, 0.15) is 5.69 Å². The molecule has 0 aliphatic heterocycles. The molecule has 0 fully saturated rings. The minimum atomic E-state index is -0.210. The molecule has 6 heteroatoms. The molecule has 1 amide bonds. The van der Waals surface area contributed by atoms with Gasteiger partial charge < -0.3 is 4.42 Å². The monoisotopic (exact) mass is 361 g/mol. The largest absolute Gasteiger partial charge is 0.463 e. The first kappa shape index (κ1) is 16.2. The van der Waals surface area contributed by atoms with E-state index in [4.69, 9.17) is 4.42 Å². The average molecular weight is 361 g/mol. The molecule has 128 valence electrons. The van der Waals surface area contributed by atoms with Crippen LogP contribution in [-0.4, -0.2) is 15.9 Å². The third-order valence-electron chi connectivity index (χ3n) is 3.82. The van der Waals surface area contributed by atoms with Crippen LogP contribution in [-0.2, 0) is 6.42 Å². The van der Waals surface area contributed by atoms with Gasteiger partial charge in [0, 0.05) is 29.3 Å². The Balaban J connectivity index is 1.64. The van der Waals surface area contributed by atoms with Gasteiger partial charge in [-0.15, -0.1) is 11.3 Å². The summed E-state index contributed by atoms with van der Waals surface area (Å²) in [5.41, 5.74) is 2.48. The number of hydrogen-bond donors (Lipinski definition) is 1. The molecule has 4 aromatic rings. The van der Waals surface area contributed by atoms with Gasteiger partial charge >= 0.3 is 0 Å². The van der Waals surface area contributed by atoms with E-state index in [9.17, 15) is 4.79 Å². The Kier molecular flexibility index (Phi) is 4.57. The molecule has 1 aromatic carbocycles. The topological polar surface area (TPSA) is 68.0 Å². The summed E-state index contributed by atoms with van der Waals surface area (Å²) >= 11 is 1.46. The van der Waals surface area contributed by atoms with E-state index in [1.807, 2.05) is 30.3 Å². The summed E-state index contributed by atoms with van der Waals surface area (Å²) < 4.78 is 5.52. The van der Waals surface area contributed by atoms with Crippen molar-refractivity contribution >= 4 is 22.4 Å². The molecule has 0 bridgehead atoms. The summed E-state index contributed by atoms with van der Waals surface area (Å²) in [6, 6.07) is 17.2. The summed E-state index contributed by atoms with van der Waals surface area (Å²) in [7, 11) is 0. The molecule has 5 nitrogen and oxygen atoms in total. The fraction of sp³-hybridized carbons (Fsp3) is 0.0500. The molecule has 0 atom stereocenters. The predicted octanol–water partition coefficient (Wildman–Crippen LogP) is 4.64. The van der Waals surface area contributed by atoms with Crippen molar-refractivity contribution in [1.29, 1.82) is 0 Å². The van der Waals surface area contributed by atoms with Gasteiger partial charge in [0.15, 0.2) is 10.9 Å². The van der Waals surface area contributed by atoms with Crippen LogP contribution in [0.15, 0.2) is 77.7 Å². The number of thiazole rings is 1. The molecule has 1 N–H and O–H groups in total. The Morgan fingerprint density at radius 2 is 1.85 bits per heavy atom. The van der Waals surface area contributed by atoms with Crippen LogP contribution in [0.5, 0.6) is 0 Å². The van der Waals surface area contributed by atoms with Crippen molar-refractivity contribution in [3.8, 4) is 11.5 Å². The molecule has 26 heavy (non-hydrogen) atoms. The van der Waals surface area contributed by atoms with E-state index < -0.39 is 0 Å². The zero-order chi connectivity index (χ0) is 17.8. The van der Waals surface area contributed by atoms with Gasteiger partial charge in [0.05, 0.1) is 6.26 Å². The Hall–Kier alpha value is -3.25. The van der Waals surface area contributed by atoms with Crippen LogP contribution in [0.2, 0.25) is 0 Å². The van der Waals surface area contributed by atoms with Gasteiger partial charge in [-0.25, -0.2) is 4.98 Å². The average Bonchev–Trinajstić information content (AvgIpc) is 3.33. The number of amides is 1. The maximum atomic E-state index is 12.4. The number of furan rings is 1. The number of nitrogens with one attached hydrogen (secondary N) is 1. The lowest BCUT2D eigenvalue weighted by molar-refractivity contribution is 0.102. The Bertz CT molecular complexity index is 996. The standard InChI is InChI=1S/C20H15N3O2S/c24-19(15-8-10-21-11-9-15)23-20-22-18(16-7-4-12-25-16)17(26-20)13-14-5-2-1-3-6-14/h1-12H,13H2,(H,22,23,24). The number of rotatable bonds is 5. The first-order valence-electron chi connectivity index (χ1n) is 8.08. The highest BCUT2D eigenvalue weighted by Gasteiger charge is 2.17. The van der Waals surface area contributed by atoms with Gasteiger partial charge in [-0.05, 0) is 29.8 Å². The Labute approximate surface area is 154 Å². The van der Waals surface area contributed by atoms with Crippen LogP contribution in [0.3, 0.4) is 0 Å². The molecule has 0 unspecified atom stereocenters. The van der Waals surface area contributed by atoms with Gasteiger partial charge in [0.25, 0.3) is 5.91 Å². The van der Waals surface area contributed by atoms with Gasteiger partial charge in [-0.1, -0.05) is 30.3 Å². The maximum Gasteiger partial charge on any atom is 0.257 e. The lowest BCUT2D eigenvalue weighted by Gasteiger charge is -2.00. The number of anilines is 1. The summed E-state index contributed by atoms with van der Waals surface area (Å²) in [5, 5.41) is 3.41. The molecular formula is C20H15N3O2S. The first-order valence-corrected chi connectivity index (χ1v) is 8.90. The zero-order valence-corrected chi connectivity index (χ0v) is 14.6. The van der Waals surface area contributed by atoms with Crippen LogP contribution in [0.4, 0.5) is 5.13 Å². The molecule has 0 spiro atoms. The third kappa shape index (κ3) is 3.55. The van der Waals surface area contributed by atoms with Crippen LogP contribution in [0.1, 0.15) is 20.8 Å². The van der Waals surface area contributed by atoms with Crippen LogP contribution in [0.25, 0.3) is 11.5 Å². The van der Waals surface area contributed by atoms with E-state index in [-0.39, 0.29) is 5.91 Å². The SMILES string of the molecule is O=C(Nc1nc(-c2ccco2)c(Cc2ccccc2)s1)c1ccncc1. The third-order valence-corrected chi connectivity index (χ3v) is 4.79. The minimum Gasteiger partial charge on any atom is -0.463 e. The Morgan fingerprint density at radius 1 is 1.04 bits per heavy atom. The second-order valence-electron chi connectivity index (χ2n) is 5.62. The Morgan fingerprint density at radius 3 is 2.58 bits per heavy atom. The number of carbonyl (C=O) groups excluding carboxylic acids is 1. The molecule has 0 aliphatic carbocycles. The molecular weight excluding hydrogens is 346 g/mol. The van der Waals surface area contributed by atoms with Crippen molar-refractivity contribution < 1.29 is 9.21 Å². The van der Waals surface area contributed by atoms with E-state index >= 15 is 0 Å². The highest BCUT2D eigenvalue weighted by atomic mass is 32.1. The molecule has 0 radical (unpaired) electrons. The second kappa shape index (κ2) is 7.33. The fourth-order valence-electron chi connectivity index (χ4n) is 2.58. The normalized spacial score (nSPS) is 10.6. The van der Waals surface area contributed by atoms with Crippen molar-refractivity contribution in [3.63, 3.8) is 0 Å². The highest BCUT2D eigenvalue weighted by molar-refractivity contribution is 7.16. The number of pyridine rings is 1. The van der Waals surface area contributed by atoms with Crippen molar-refractivity contribution in [2.75, 3.05) is 5.32 Å². The maximum absolute atomic E-state index is 12.4. The highest BCUT2D eigenvalue weighted by Crippen LogP contribution is 2.33. The van der Waals surface area contributed by atoms with Gasteiger partial charge in [-0.3, -0.25) is 15.1 Å². The molecule has 0 saturated heterocycles. The smallest absolute Gasteiger partial charge is 0.257 e. The lowest BCUT2D eigenvalue weighted by atomic mass is 10.1. The zero-order valence-electron chi connectivity index (χ0n) is 13.8. The molecule has 3 aromatic heterocycles. The number of nitrogens with zero attached hydrogens (tertiary/aromatic N) is 2. The van der Waals surface area contributed by atoms with Crippen LogP contribution >= 0.6 is 11.3 Å². The van der Waals surface area contributed by atoms with Crippen LogP contribution < -0.4 is 5.32 Å². The van der Waals surface area contributed by atoms with Crippen molar-refractivity contribution in [2.24, 2.45) is 0 Å².